The van der Waals surface area contributed by atoms with Crippen LogP contribution in [-0.4, -0.2) is 16.9 Å². The van der Waals surface area contributed by atoms with Crippen LogP contribution in [0.1, 0.15) is 28.8 Å². The lowest BCUT2D eigenvalue weighted by molar-refractivity contribution is -0.120. The minimum atomic E-state index is -0.303. The third-order valence-electron chi connectivity index (χ3n) is 2.79. The van der Waals surface area contributed by atoms with Crippen LogP contribution in [0.15, 0.2) is 24.3 Å². The summed E-state index contributed by atoms with van der Waals surface area (Å²) in [7, 11) is 0. The highest BCUT2D eigenvalue weighted by Crippen LogP contribution is 2.28. The largest absolute Gasteiger partial charge is 0.302 e. The minimum Gasteiger partial charge on any atom is -0.302 e. The van der Waals surface area contributed by atoms with Crippen LogP contribution in [0.4, 0.5) is 0 Å². The Hall–Kier alpha value is -1.95. The van der Waals surface area contributed by atoms with Gasteiger partial charge in [0, 0.05) is 11.5 Å². The number of hydrazine groups is 1. The lowest BCUT2D eigenvalue weighted by Gasteiger charge is -2.10. The van der Waals surface area contributed by atoms with Gasteiger partial charge in [-0.15, -0.1) is 0 Å². The number of aryl methyl sites for hydroxylation is 1. The average molecular weight is 277 g/mol. The van der Waals surface area contributed by atoms with Crippen molar-refractivity contribution in [3.63, 3.8) is 0 Å². The Kier molecular flexibility index (Phi) is 4.11. The fraction of sp³-hybridized carbons (Fsp3) is 0.308. The summed E-state index contributed by atoms with van der Waals surface area (Å²) in [6.45, 7) is 1.95. The molecule has 0 aliphatic heterocycles. The van der Waals surface area contributed by atoms with Gasteiger partial charge in [-0.25, -0.2) is 0 Å². The van der Waals surface area contributed by atoms with Gasteiger partial charge in [0.15, 0.2) is 5.11 Å². The summed E-state index contributed by atoms with van der Waals surface area (Å²) in [4.78, 5) is 23.2. The van der Waals surface area contributed by atoms with Crippen molar-refractivity contribution in [1.82, 2.24) is 16.2 Å². The molecule has 1 aliphatic rings. The van der Waals surface area contributed by atoms with Crippen molar-refractivity contribution in [2.24, 2.45) is 5.92 Å². The normalized spacial score (nSPS) is 13.5. The number of amides is 2. The van der Waals surface area contributed by atoms with Crippen LogP contribution in [0.5, 0.6) is 0 Å². The van der Waals surface area contributed by atoms with Crippen LogP contribution in [0, 0.1) is 12.8 Å². The molecule has 1 aromatic rings. The summed E-state index contributed by atoms with van der Waals surface area (Å²) in [5, 5.41) is 2.63. The Morgan fingerprint density at radius 1 is 1.16 bits per heavy atom. The molecule has 0 bridgehead atoms. The van der Waals surface area contributed by atoms with Gasteiger partial charge >= 0.3 is 0 Å². The molecule has 0 spiro atoms. The molecule has 3 N–H and O–H groups in total. The van der Waals surface area contributed by atoms with Crippen LogP contribution in [0.3, 0.4) is 0 Å². The first-order valence-corrected chi connectivity index (χ1v) is 6.45. The molecule has 0 heterocycles. The number of hydrogen-bond donors (Lipinski definition) is 3. The van der Waals surface area contributed by atoms with E-state index in [2.05, 4.69) is 16.2 Å². The lowest BCUT2D eigenvalue weighted by atomic mass is 10.1. The number of rotatable bonds is 2. The third kappa shape index (κ3) is 4.03. The fourth-order valence-corrected chi connectivity index (χ4v) is 1.63. The van der Waals surface area contributed by atoms with Gasteiger partial charge in [0.05, 0.1) is 0 Å². The summed E-state index contributed by atoms with van der Waals surface area (Å²) in [6.07, 6.45) is 1.81. The maximum atomic E-state index is 11.7. The Labute approximate surface area is 116 Å². The number of hydrogen-bond acceptors (Lipinski definition) is 3. The first-order valence-electron chi connectivity index (χ1n) is 6.04. The Balaban J connectivity index is 1.77. The van der Waals surface area contributed by atoms with Crippen molar-refractivity contribution in [2.75, 3.05) is 0 Å². The predicted octanol–water partition coefficient (Wildman–Crippen LogP) is 1.04. The molecule has 1 fully saturated rings. The molecule has 2 amide bonds. The molecule has 1 aliphatic carbocycles. The van der Waals surface area contributed by atoms with E-state index in [-0.39, 0.29) is 22.8 Å². The number of carbonyl (C=O) groups is 2. The van der Waals surface area contributed by atoms with Crippen molar-refractivity contribution < 1.29 is 9.59 Å². The molecule has 19 heavy (non-hydrogen) atoms. The molecule has 5 nitrogen and oxygen atoms in total. The SMILES string of the molecule is Cc1ccc(C(=O)NNC(=S)NC(=O)C2CC2)cc1. The average Bonchev–Trinajstić information content (AvgIpc) is 3.21. The summed E-state index contributed by atoms with van der Waals surface area (Å²) >= 11 is 4.91. The van der Waals surface area contributed by atoms with E-state index < -0.39 is 0 Å². The van der Waals surface area contributed by atoms with Crippen LogP contribution >= 0.6 is 12.2 Å². The van der Waals surface area contributed by atoms with Gasteiger partial charge in [0.2, 0.25) is 5.91 Å². The second-order valence-electron chi connectivity index (χ2n) is 4.54. The zero-order valence-electron chi connectivity index (χ0n) is 10.5. The van der Waals surface area contributed by atoms with Gasteiger partial charge in [-0.05, 0) is 44.1 Å². The first-order chi connectivity index (χ1) is 9.06. The van der Waals surface area contributed by atoms with Gasteiger partial charge in [-0.2, -0.15) is 0 Å². The van der Waals surface area contributed by atoms with E-state index in [9.17, 15) is 9.59 Å². The van der Waals surface area contributed by atoms with Crippen molar-refractivity contribution in [3.8, 4) is 0 Å². The number of thiocarbonyl (C=S) groups is 1. The van der Waals surface area contributed by atoms with E-state index in [0.717, 1.165) is 18.4 Å². The fourth-order valence-electron chi connectivity index (χ4n) is 1.48. The van der Waals surface area contributed by atoms with Crippen molar-refractivity contribution in [1.29, 1.82) is 0 Å². The van der Waals surface area contributed by atoms with E-state index in [1.54, 1.807) is 12.1 Å². The highest BCUT2D eigenvalue weighted by molar-refractivity contribution is 7.80. The van der Waals surface area contributed by atoms with E-state index >= 15 is 0 Å². The van der Waals surface area contributed by atoms with Gasteiger partial charge in [-0.1, -0.05) is 17.7 Å². The van der Waals surface area contributed by atoms with E-state index in [1.165, 1.54) is 0 Å². The number of nitrogens with one attached hydrogen (secondary N) is 3. The van der Waals surface area contributed by atoms with Crippen molar-refractivity contribution >= 4 is 29.1 Å². The minimum absolute atomic E-state index is 0.0764. The van der Waals surface area contributed by atoms with Crippen molar-refractivity contribution in [3.05, 3.63) is 35.4 Å². The molecule has 6 heteroatoms. The maximum Gasteiger partial charge on any atom is 0.269 e. The molecule has 1 saturated carbocycles. The van der Waals surface area contributed by atoms with E-state index in [4.69, 9.17) is 12.2 Å². The molecule has 100 valence electrons. The van der Waals surface area contributed by atoms with Crippen LogP contribution in [0.2, 0.25) is 0 Å². The molecule has 0 aromatic heterocycles. The smallest absolute Gasteiger partial charge is 0.269 e. The van der Waals surface area contributed by atoms with Gasteiger partial charge in [-0.3, -0.25) is 20.4 Å². The molecular formula is C13H15N3O2S. The first kappa shape index (κ1) is 13.5. The highest BCUT2D eigenvalue weighted by atomic mass is 32.1. The van der Waals surface area contributed by atoms with Gasteiger partial charge in [0.25, 0.3) is 5.91 Å². The predicted molar refractivity (Wildman–Crippen MR) is 75.2 cm³/mol. The van der Waals surface area contributed by atoms with E-state index in [1.807, 2.05) is 19.1 Å². The Morgan fingerprint density at radius 3 is 2.37 bits per heavy atom. The monoisotopic (exact) mass is 277 g/mol. The maximum absolute atomic E-state index is 11.7. The summed E-state index contributed by atoms with van der Waals surface area (Å²) in [6, 6.07) is 7.14. The second-order valence-corrected chi connectivity index (χ2v) is 4.95. The second kappa shape index (κ2) is 5.79. The Bertz CT molecular complexity index is 509. The summed E-state index contributed by atoms with van der Waals surface area (Å²) in [5.41, 5.74) is 6.55. The number of benzene rings is 1. The Morgan fingerprint density at radius 2 is 1.79 bits per heavy atom. The highest BCUT2D eigenvalue weighted by Gasteiger charge is 2.30. The summed E-state index contributed by atoms with van der Waals surface area (Å²) in [5.74, 6) is -0.322. The molecule has 0 unspecified atom stereocenters. The standard InChI is InChI=1S/C13H15N3O2S/c1-8-2-4-10(5-3-8)12(18)15-16-13(19)14-11(17)9-6-7-9/h2-5,9H,6-7H2,1H3,(H,15,18)(H2,14,16,17,19). The van der Waals surface area contributed by atoms with Crippen LogP contribution in [0.25, 0.3) is 0 Å². The molecule has 2 rings (SSSR count). The zero-order chi connectivity index (χ0) is 13.8. The van der Waals surface area contributed by atoms with Crippen LogP contribution < -0.4 is 16.2 Å². The van der Waals surface area contributed by atoms with Crippen LogP contribution in [-0.2, 0) is 4.79 Å². The third-order valence-corrected chi connectivity index (χ3v) is 2.99. The molecule has 0 radical (unpaired) electrons. The van der Waals surface area contributed by atoms with Crippen molar-refractivity contribution in [2.45, 2.75) is 19.8 Å². The topological polar surface area (TPSA) is 70.2 Å². The van der Waals surface area contributed by atoms with Gasteiger partial charge < -0.3 is 5.32 Å². The van der Waals surface area contributed by atoms with E-state index in [0.29, 0.717) is 5.56 Å². The molecule has 0 saturated heterocycles. The molecule has 1 aromatic carbocycles. The lowest BCUT2D eigenvalue weighted by Crippen LogP contribution is -2.48. The van der Waals surface area contributed by atoms with Gasteiger partial charge in [0.1, 0.15) is 0 Å². The zero-order valence-corrected chi connectivity index (χ0v) is 11.3. The molecular weight excluding hydrogens is 262 g/mol. The summed E-state index contributed by atoms with van der Waals surface area (Å²) < 4.78 is 0. The number of carbonyl (C=O) groups excluding carboxylic acids is 2. The molecule has 0 atom stereocenters. The quantitative estimate of drug-likeness (QED) is 0.558.